The van der Waals surface area contributed by atoms with Crippen molar-refractivity contribution in [2.75, 3.05) is 5.32 Å². The minimum Gasteiger partial charge on any atom is -0.493 e. The van der Waals surface area contributed by atoms with E-state index in [1.807, 2.05) is 24.3 Å². The van der Waals surface area contributed by atoms with Gasteiger partial charge in [-0.2, -0.15) is 24.7 Å². The first-order valence-corrected chi connectivity index (χ1v) is 10.6. The fourth-order valence-corrected chi connectivity index (χ4v) is 3.55. The predicted molar refractivity (Wildman–Crippen MR) is 120 cm³/mol. The molecule has 0 aliphatic heterocycles. The monoisotopic (exact) mass is 457 g/mol. The molecule has 4 heterocycles. The fourth-order valence-electron chi connectivity index (χ4n) is 3.55. The van der Waals surface area contributed by atoms with Crippen molar-refractivity contribution < 1.29 is 5.11 Å². The number of fused-ring (bicyclic) bond motifs is 1. The summed E-state index contributed by atoms with van der Waals surface area (Å²) in [5.74, 6) is 0.117. The zero-order valence-corrected chi connectivity index (χ0v) is 17.8. The maximum atomic E-state index is 11.5. The highest BCUT2D eigenvalue weighted by Crippen LogP contribution is 2.22. The Kier molecular flexibility index (Phi) is 4.64. The summed E-state index contributed by atoms with van der Waals surface area (Å²) in [6, 6.07) is 8.05. The Morgan fingerprint density at radius 1 is 1.21 bits per heavy atom. The van der Waals surface area contributed by atoms with Crippen LogP contribution in [0.4, 0.5) is 5.95 Å². The van der Waals surface area contributed by atoms with E-state index >= 15 is 0 Å². The van der Waals surface area contributed by atoms with E-state index in [-0.39, 0.29) is 17.6 Å². The third-order valence-electron chi connectivity index (χ3n) is 5.35. The van der Waals surface area contributed by atoms with Crippen molar-refractivity contribution in [3.63, 3.8) is 0 Å². The van der Waals surface area contributed by atoms with Crippen molar-refractivity contribution in [1.29, 1.82) is 0 Å². The number of aromatic nitrogens is 9. The first-order chi connectivity index (χ1) is 16.6. The quantitative estimate of drug-likeness (QED) is 0.268. The van der Waals surface area contributed by atoms with Gasteiger partial charge >= 0.3 is 5.69 Å². The van der Waals surface area contributed by atoms with Crippen LogP contribution in [-0.4, -0.2) is 55.5 Å². The molecule has 0 radical (unpaired) electrons. The van der Waals surface area contributed by atoms with Crippen LogP contribution in [0.15, 0.2) is 52.9 Å². The Labute approximate surface area is 190 Å². The molecular weight excluding hydrogens is 438 g/mol. The average Bonchev–Trinajstić information content (AvgIpc) is 3.20. The van der Waals surface area contributed by atoms with Gasteiger partial charge in [0.25, 0.3) is 5.62 Å². The third kappa shape index (κ3) is 3.79. The van der Waals surface area contributed by atoms with Crippen LogP contribution >= 0.6 is 0 Å². The smallest absolute Gasteiger partial charge is 0.326 e. The lowest BCUT2D eigenvalue weighted by Gasteiger charge is -2.10. The molecule has 4 aromatic heterocycles. The van der Waals surface area contributed by atoms with Crippen molar-refractivity contribution in [1.82, 2.24) is 44.3 Å². The summed E-state index contributed by atoms with van der Waals surface area (Å²) >= 11 is 0. The van der Waals surface area contributed by atoms with Gasteiger partial charge in [-0.05, 0) is 30.5 Å². The second-order valence-corrected chi connectivity index (χ2v) is 7.85. The molecule has 0 atom stereocenters. The number of aromatic amines is 2. The second kappa shape index (κ2) is 7.95. The van der Waals surface area contributed by atoms with E-state index in [1.54, 1.807) is 27.8 Å². The summed E-state index contributed by atoms with van der Waals surface area (Å²) in [6.45, 7) is 0.439. The maximum absolute atomic E-state index is 11.5. The van der Waals surface area contributed by atoms with E-state index in [0.29, 0.717) is 29.0 Å². The Morgan fingerprint density at radius 3 is 2.85 bits per heavy atom. The molecular formula is C21H19N11O2. The molecule has 4 N–H and O–H groups in total. The summed E-state index contributed by atoms with van der Waals surface area (Å²) in [5, 5.41) is 22.4. The Morgan fingerprint density at radius 2 is 2.09 bits per heavy atom. The molecule has 1 aliphatic carbocycles. The Bertz CT molecular complexity index is 1660. The van der Waals surface area contributed by atoms with Gasteiger partial charge in [0, 0.05) is 11.8 Å². The number of H-pyrrole nitrogens is 2. The van der Waals surface area contributed by atoms with Gasteiger partial charge < -0.3 is 15.4 Å². The van der Waals surface area contributed by atoms with E-state index in [1.165, 1.54) is 6.33 Å². The summed E-state index contributed by atoms with van der Waals surface area (Å²) in [5.41, 5.74) is 2.52. The standard InChI is InChI=1S/C21H19N11O2/c33-18-15(27-21(34)29-18)7-13-9-24-32-17(13)28-19(30-20(32)26-14-5-6-14)23-8-12-3-1-2-4-16(12)31-11-22-10-25-31/h1-4,7,9-11,14,33H,5-6,8H2,(H,23,26,30)(H2,27,29,34)/b13-7-. The highest BCUT2D eigenvalue weighted by molar-refractivity contribution is 5.57. The number of para-hydroxylation sites is 1. The molecule has 13 heteroatoms. The average molecular weight is 457 g/mol. The zero-order chi connectivity index (χ0) is 23.1. The summed E-state index contributed by atoms with van der Waals surface area (Å²) < 4.78 is 3.25. The normalized spacial score (nSPS) is 14.8. The highest BCUT2D eigenvalue weighted by atomic mass is 16.3. The van der Waals surface area contributed by atoms with Gasteiger partial charge in [-0.1, -0.05) is 18.2 Å². The molecule has 1 aliphatic rings. The number of imidazole rings is 1. The largest absolute Gasteiger partial charge is 0.493 e. The topological polar surface area (TPSA) is 167 Å². The SMILES string of the molecule is O=c1[nH]c(O)c(/C=c2/cnn3c(=NC4CC4)nc(NCc4ccccc4-n4cncn4)nc23)[nH]1. The van der Waals surface area contributed by atoms with Gasteiger partial charge in [-0.3, -0.25) is 4.98 Å². The molecule has 1 saturated carbocycles. The van der Waals surface area contributed by atoms with Gasteiger partial charge in [0.1, 0.15) is 18.3 Å². The molecule has 6 rings (SSSR count). The Hall–Kier alpha value is -4.81. The number of hydrogen-bond acceptors (Lipinski definition) is 9. The van der Waals surface area contributed by atoms with E-state index in [0.717, 1.165) is 24.1 Å². The predicted octanol–water partition coefficient (Wildman–Crippen LogP) is -0.350. The lowest BCUT2D eigenvalue weighted by Crippen LogP contribution is -2.25. The number of aromatic hydroxyl groups is 1. The van der Waals surface area contributed by atoms with Crippen LogP contribution in [-0.2, 0) is 6.54 Å². The van der Waals surface area contributed by atoms with E-state index in [9.17, 15) is 9.90 Å². The molecule has 0 saturated heterocycles. The number of anilines is 1. The first-order valence-electron chi connectivity index (χ1n) is 10.6. The molecule has 5 aromatic rings. The zero-order valence-electron chi connectivity index (χ0n) is 17.8. The van der Waals surface area contributed by atoms with Gasteiger partial charge in [-0.15, -0.1) is 0 Å². The van der Waals surface area contributed by atoms with Crippen LogP contribution < -0.4 is 21.8 Å². The number of nitrogens with zero attached hydrogens (tertiary/aromatic N) is 8. The lowest BCUT2D eigenvalue weighted by atomic mass is 10.2. The first kappa shape index (κ1) is 19.8. The summed E-state index contributed by atoms with van der Waals surface area (Å²) in [4.78, 5) is 34.2. The van der Waals surface area contributed by atoms with E-state index in [2.05, 4.69) is 45.4 Å². The van der Waals surface area contributed by atoms with Crippen molar-refractivity contribution in [3.8, 4) is 11.6 Å². The number of rotatable bonds is 6. The van der Waals surface area contributed by atoms with Gasteiger partial charge in [0.2, 0.25) is 11.8 Å². The van der Waals surface area contributed by atoms with Crippen LogP contribution in [0.1, 0.15) is 24.1 Å². The highest BCUT2D eigenvalue weighted by Gasteiger charge is 2.21. The maximum Gasteiger partial charge on any atom is 0.326 e. The van der Waals surface area contributed by atoms with Crippen LogP contribution in [0, 0.1) is 0 Å². The summed E-state index contributed by atoms with van der Waals surface area (Å²) in [6.07, 6.45) is 8.33. The lowest BCUT2D eigenvalue weighted by molar-refractivity contribution is 0.454. The number of benzene rings is 1. The molecule has 1 aromatic carbocycles. The van der Waals surface area contributed by atoms with Crippen molar-refractivity contribution in [2.45, 2.75) is 25.4 Å². The molecule has 0 amide bonds. The van der Waals surface area contributed by atoms with Gasteiger partial charge in [0.05, 0.1) is 17.9 Å². The van der Waals surface area contributed by atoms with Crippen LogP contribution in [0.5, 0.6) is 5.88 Å². The molecule has 0 bridgehead atoms. The minimum absolute atomic E-state index is 0.223. The van der Waals surface area contributed by atoms with Crippen LogP contribution in [0.25, 0.3) is 17.4 Å². The van der Waals surface area contributed by atoms with Crippen LogP contribution in [0.3, 0.4) is 0 Å². The molecule has 170 valence electrons. The molecule has 34 heavy (non-hydrogen) atoms. The van der Waals surface area contributed by atoms with Gasteiger partial charge in [0.15, 0.2) is 5.65 Å². The molecule has 0 unspecified atom stereocenters. The van der Waals surface area contributed by atoms with Crippen molar-refractivity contribution in [2.24, 2.45) is 4.99 Å². The second-order valence-electron chi connectivity index (χ2n) is 7.85. The number of hydrogen-bond donors (Lipinski definition) is 4. The van der Waals surface area contributed by atoms with Crippen molar-refractivity contribution in [3.05, 3.63) is 75.7 Å². The van der Waals surface area contributed by atoms with Gasteiger partial charge in [-0.25, -0.2) is 19.5 Å². The fraction of sp³-hybridized carbons (Fsp3) is 0.190. The molecule has 0 spiro atoms. The number of nitrogens with one attached hydrogen (secondary N) is 3. The molecule has 13 nitrogen and oxygen atoms in total. The minimum atomic E-state index is -0.507. The summed E-state index contributed by atoms with van der Waals surface area (Å²) in [7, 11) is 0. The van der Waals surface area contributed by atoms with E-state index in [4.69, 9.17) is 0 Å². The third-order valence-corrected chi connectivity index (χ3v) is 5.35. The van der Waals surface area contributed by atoms with E-state index < -0.39 is 5.69 Å². The molecule has 1 fully saturated rings. The van der Waals surface area contributed by atoms with Crippen LogP contribution in [0.2, 0.25) is 0 Å². The van der Waals surface area contributed by atoms with Crippen molar-refractivity contribution >= 4 is 17.7 Å². The Balaban J connectivity index is 1.41.